The summed E-state index contributed by atoms with van der Waals surface area (Å²) in [6.07, 6.45) is 6.16. The van der Waals surface area contributed by atoms with Gasteiger partial charge in [0.2, 0.25) is 0 Å². The van der Waals surface area contributed by atoms with Crippen LogP contribution < -0.4 is 9.47 Å². The molecule has 0 aliphatic rings. The van der Waals surface area contributed by atoms with Gasteiger partial charge in [0.05, 0.1) is 12.2 Å². The molecule has 2 rings (SSSR count). The van der Waals surface area contributed by atoms with Crippen LogP contribution in [0.4, 0.5) is 4.79 Å². The molecular weight excluding hydrogens is 392 g/mol. The van der Waals surface area contributed by atoms with Gasteiger partial charge < -0.3 is 14.2 Å². The summed E-state index contributed by atoms with van der Waals surface area (Å²) in [7, 11) is 0. The normalized spacial score (nSPS) is 11.1. The molecule has 0 unspecified atom stereocenters. The van der Waals surface area contributed by atoms with E-state index in [1.807, 2.05) is 6.07 Å². The average Bonchev–Trinajstić information content (AvgIpc) is 2.72. The minimum absolute atomic E-state index is 0.128. The van der Waals surface area contributed by atoms with Crippen molar-refractivity contribution < 1.29 is 23.8 Å². The van der Waals surface area contributed by atoms with Gasteiger partial charge in [0.1, 0.15) is 17.1 Å². The Hall–Kier alpha value is -2.82. The monoisotopic (exact) mass is 426 g/mol. The van der Waals surface area contributed by atoms with Crippen molar-refractivity contribution in [1.29, 1.82) is 0 Å². The second kappa shape index (κ2) is 12.1. The molecule has 5 nitrogen and oxygen atoms in total. The Bertz CT molecular complexity index is 837. The molecule has 2 aromatic carbocycles. The highest BCUT2D eigenvalue weighted by Gasteiger charge is 2.22. The van der Waals surface area contributed by atoms with Gasteiger partial charge in [0, 0.05) is 11.6 Å². The van der Waals surface area contributed by atoms with Crippen LogP contribution in [0, 0.1) is 0 Å². The Labute approximate surface area is 185 Å². The summed E-state index contributed by atoms with van der Waals surface area (Å²) >= 11 is 0. The Morgan fingerprint density at radius 2 is 1.55 bits per heavy atom. The van der Waals surface area contributed by atoms with Crippen molar-refractivity contribution in [2.24, 2.45) is 0 Å². The number of benzene rings is 2. The summed E-state index contributed by atoms with van der Waals surface area (Å²) in [5.41, 5.74) is 0.0910. The van der Waals surface area contributed by atoms with Crippen molar-refractivity contribution in [3.05, 3.63) is 59.7 Å². The second-order valence-electron chi connectivity index (χ2n) is 8.54. The largest absolute Gasteiger partial charge is 0.514 e. The van der Waals surface area contributed by atoms with Crippen molar-refractivity contribution in [1.82, 2.24) is 0 Å². The van der Waals surface area contributed by atoms with E-state index in [1.165, 1.54) is 25.7 Å². The lowest BCUT2D eigenvalue weighted by Gasteiger charge is -2.19. The van der Waals surface area contributed by atoms with Crippen LogP contribution in [-0.2, 0) is 4.74 Å². The van der Waals surface area contributed by atoms with Crippen LogP contribution in [-0.4, -0.2) is 24.1 Å². The summed E-state index contributed by atoms with van der Waals surface area (Å²) in [4.78, 5) is 25.2. The fourth-order valence-electron chi connectivity index (χ4n) is 3.04. The third-order valence-electron chi connectivity index (χ3n) is 4.58. The molecule has 0 N–H and O–H groups in total. The van der Waals surface area contributed by atoms with Gasteiger partial charge in [-0.25, -0.2) is 4.79 Å². The molecule has 2 aromatic rings. The fraction of sp³-hybridized carbons (Fsp3) is 0.462. The van der Waals surface area contributed by atoms with Crippen LogP contribution >= 0.6 is 0 Å². The minimum atomic E-state index is -0.859. The number of carbonyl (C=O) groups is 2. The molecule has 0 saturated heterocycles. The molecule has 0 heterocycles. The molecule has 0 bridgehead atoms. The van der Waals surface area contributed by atoms with Crippen molar-refractivity contribution >= 4 is 11.9 Å². The van der Waals surface area contributed by atoms with Gasteiger partial charge in [-0.2, -0.15) is 0 Å². The van der Waals surface area contributed by atoms with Gasteiger partial charge in [-0.3, -0.25) is 4.79 Å². The molecule has 0 fully saturated rings. The Morgan fingerprint density at radius 3 is 2.23 bits per heavy atom. The maximum Gasteiger partial charge on any atom is 0.514 e. The molecule has 5 heteroatoms. The first-order chi connectivity index (χ1) is 14.8. The molecule has 31 heavy (non-hydrogen) atoms. The summed E-state index contributed by atoms with van der Waals surface area (Å²) in [5, 5.41) is 0. The number of hydrogen-bond donors (Lipinski definition) is 0. The van der Waals surface area contributed by atoms with Gasteiger partial charge >= 0.3 is 6.16 Å². The lowest BCUT2D eigenvalue weighted by atomic mass is 10.0. The number of ketones is 1. The number of hydrogen-bond acceptors (Lipinski definition) is 5. The zero-order valence-electron chi connectivity index (χ0n) is 19.1. The summed E-state index contributed by atoms with van der Waals surface area (Å²) < 4.78 is 16.5. The third-order valence-corrected chi connectivity index (χ3v) is 4.58. The van der Waals surface area contributed by atoms with Crippen LogP contribution in [0.5, 0.6) is 11.5 Å². The zero-order valence-corrected chi connectivity index (χ0v) is 19.1. The standard InChI is InChI=1S/C26H34O5/c1-5-6-7-8-9-13-18-29-21-16-17-22(24(27)20-14-11-10-12-15-20)23(19-21)30-25(28)31-26(2,3)4/h10-12,14-17,19H,5-9,13,18H2,1-4H3. The quantitative estimate of drug-likeness (QED) is 0.168. The second-order valence-corrected chi connectivity index (χ2v) is 8.54. The molecule has 0 aromatic heterocycles. The zero-order chi connectivity index (χ0) is 22.7. The Balaban J connectivity index is 2.11. The predicted molar refractivity (Wildman–Crippen MR) is 122 cm³/mol. The van der Waals surface area contributed by atoms with Crippen LogP contribution in [0.3, 0.4) is 0 Å². The van der Waals surface area contributed by atoms with Crippen LogP contribution in [0.2, 0.25) is 0 Å². The van der Waals surface area contributed by atoms with E-state index in [-0.39, 0.29) is 17.1 Å². The summed E-state index contributed by atoms with van der Waals surface area (Å²) in [6.45, 7) is 8.04. The van der Waals surface area contributed by atoms with Gasteiger partial charge in [-0.05, 0) is 39.3 Å². The van der Waals surface area contributed by atoms with E-state index in [4.69, 9.17) is 14.2 Å². The average molecular weight is 427 g/mol. The molecule has 0 radical (unpaired) electrons. The van der Waals surface area contributed by atoms with E-state index < -0.39 is 11.8 Å². The van der Waals surface area contributed by atoms with Gasteiger partial charge in [0.25, 0.3) is 0 Å². The molecule has 168 valence electrons. The Kier molecular flexibility index (Phi) is 9.57. The van der Waals surface area contributed by atoms with E-state index in [2.05, 4.69) is 6.92 Å². The molecule has 0 aliphatic heterocycles. The maximum atomic E-state index is 13.0. The number of ether oxygens (including phenoxy) is 3. The highest BCUT2D eigenvalue weighted by atomic mass is 16.7. The van der Waals surface area contributed by atoms with Crippen molar-refractivity contribution in [2.45, 2.75) is 71.8 Å². The highest BCUT2D eigenvalue weighted by molar-refractivity contribution is 6.11. The SMILES string of the molecule is CCCCCCCCOc1ccc(C(=O)c2ccccc2)c(OC(=O)OC(C)(C)C)c1. The first kappa shape index (κ1) is 24.4. The molecule has 0 saturated carbocycles. The third kappa shape index (κ3) is 8.83. The number of rotatable bonds is 11. The van der Waals surface area contributed by atoms with Crippen molar-refractivity contribution in [3.8, 4) is 11.5 Å². The van der Waals surface area contributed by atoms with E-state index >= 15 is 0 Å². The summed E-state index contributed by atoms with van der Waals surface area (Å²) in [5.74, 6) is 0.446. The topological polar surface area (TPSA) is 61.8 Å². The van der Waals surface area contributed by atoms with Crippen LogP contribution in [0.15, 0.2) is 48.5 Å². The molecule has 0 spiro atoms. The van der Waals surface area contributed by atoms with Gasteiger partial charge in [0.15, 0.2) is 5.78 Å². The molecular formula is C26H34O5. The number of carbonyl (C=O) groups excluding carboxylic acids is 2. The fourth-order valence-corrected chi connectivity index (χ4v) is 3.04. The van der Waals surface area contributed by atoms with E-state index in [1.54, 1.807) is 63.2 Å². The smallest absolute Gasteiger partial charge is 0.493 e. The highest BCUT2D eigenvalue weighted by Crippen LogP contribution is 2.28. The van der Waals surface area contributed by atoms with Crippen molar-refractivity contribution in [3.63, 3.8) is 0 Å². The number of unbranched alkanes of at least 4 members (excludes halogenated alkanes) is 5. The first-order valence-corrected chi connectivity index (χ1v) is 11.1. The summed E-state index contributed by atoms with van der Waals surface area (Å²) in [6, 6.07) is 13.8. The molecule has 0 aliphatic carbocycles. The molecule has 0 atom stereocenters. The molecule has 0 amide bonds. The maximum absolute atomic E-state index is 13.0. The van der Waals surface area contributed by atoms with E-state index in [0.29, 0.717) is 17.9 Å². The Morgan fingerprint density at radius 1 is 0.871 bits per heavy atom. The van der Waals surface area contributed by atoms with Crippen LogP contribution in [0.25, 0.3) is 0 Å². The van der Waals surface area contributed by atoms with Gasteiger partial charge in [-0.1, -0.05) is 69.4 Å². The van der Waals surface area contributed by atoms with Gasteiger partial charge in [-0.15, -0.1) is 0 Å². The minimum Gasteiger partial charge on any atom is -0.493 e. The lowest BCUT2D eigenvalue weighted by molar-refractivity contribution is 0.0205. The van der Waals surface area contributed by atoms with Crippen molar-refractivity contribution in [2.75, 3.05) is 6.61 Å². The predicted octanol–water partition coefficient (Wildman–Crippen LogP) is 6.97. The van der Waals surface area contributed by atoms with E-state index in [0.717, 1.165) is 12.8 Å². The first-order valence-electron chi connectivity index (χ1n) is 11.1. The lowest BCUT2D eigenvalue weighted by Crippen LogP contribution is -2.26. The van der Waals surface area contributed by atoms with Crippen LogP contribution in [0.1, 0.15) is 82.1 Å². The van der Waals surface area contributed by atoms with E-state index in [9.17, 15) is 9.59 Å².